The zero-order chi connectivity index (χ0) is 15.1. The Morgan fingerprint density at radius 2 is 1.79 bits per heavy atom. The summed E-state index contributed by atoms with van der Waals surface area (Å²) in [6.45, 7) is 11.0. The van der Waals surface area contributed by atoms with E-state index in [0.29, 0.717) is 19.5 Å². The van der Waals surface area contributed by atoms with Crippen LogP contribution in [0.15, 0.2) is 12.2 Å². The zero-order valence-electron chi connectivity index (χ0n) is 12.0. The molecule has 0 bridgehead atoms. The topological polar surface area (TPSA) is 72.9 Å². The Morgan fingerprint density at radius 1 is 1.26 bits per heavy atom. The van der Waals surface area contributed by atoms with Crippen molar-refractivity contribution in [3.8, 4) is 0 Å². The predicted octanol–water partition coefficient (Wildman–Crippen LogP) is 1.49. The first-order valence-electron chi connectivity index (χ1n) is 6.25. The fraction of sp³-hybridized carbons (Fsp3) is 0.750. The third-order valence-corrected chi connectivity index (χ3v) is 4.38. The Bertz CT molecular complexity index is 400. The summed E-state index contributed by atoms with van der Waals surface area (Å²) in [6, 6.07) is 0. The highest BCUT2D eigenvalue weighted by molar-refractivity contribution is 7.87. The van der Waals surface area contributed by atoms with E-state index >= 15 is 0 Å². The van der Waals surface area contributed by atoms with Crippen LogP contribution in [0.3, 0.4) is 0 Å². The molecular formula is C12H23NO5S. The van der Waals surface area contributed by atoms with Crippen LogP contribution in [0.25, 0.3) is 0 Å². The first-order chi connectivity index (χ1) is 8.80. The molecule has 0 amide bonds. The second kappa shape index (κ2) is 8.29. The molecule has 0 saturated heterocycles. The van der Waals surface area contributed by atoms with E-state index in [1.165, 1.54) is 6.92 Å². The minimum absolute atomic E-state index is 0.191. The lowest BCUT2D eigenvalue weighted by molar-refractivity contribution is -0.145. The van der Waals surface area contributed by atoms with Gasteiger partial charge in [0.25, 0.3) is 10.1 Å². The molecule has 1 unspecified atom stereocenters. The maximum Gasteiger partial charge on any atom is 0.335 e. The van der Waals surface area contributed by atoms with Crippen molar-refractivity contribution in [2.45, 2.75) is 39.5 Å². The van der Waals surface area contributed by atoms with Gasteiger partial charge in [-0.1, -0.05) is 27.4 Å². The molecule has 112 valence electrons. The van der Waals surface area contributed by atoms with E-state index in [2.05, 4.69) is 11.3 Å². The summed E-state index contributed by atoms with van der Waals surface area (Å²) in [5.74, 6) is -0.675. The molecule has 0 spiro atoms. The summed E-state index contributed by atoms with van der Waals surface area (Å²) < 4.78 is 33.3. The van der Waals surface area contributed by atoms with E-state index in [9.17, 15) is 13.2 Å². The van der Waals surface area contributed by atoms with Gasteiger partial charge in [-0.05, 0) is 26.4 Å². The fourth-order valence-electron chi connectivity index (χ4n) is 1.62. The predicted molar refractivity (Wildman–Crippen MR) is 72.8 cm³/mol. The molecule has 0 N–H and O–H groups in total. The number of hydrogen-bond acceptors (Lipinski definition) is 6. The van der Waals surface area contributed by atoms with Crippen LogP contribution in [-0.2, 0) is 23.8 Å². The lowest BCUT2D eigenvalue weighted by Gasteiger charge is -2.27. The molecule has 0 saturated carbocycles. The fourth-order valence-corrected chi connectivity index (χ4v) is 3.03. The van der Waals surface area contributed by atoms with E-state index in [-0.39, 0.29) is 5.57 Å². The standard InChI is InChI=1S/C12H23NO5S/c1-6-11(13(7-2)8-3)19(15,16)18-9-17-12(14)10(4)5/h11H,4,6-9H2,1-3,5H3. The number of ether oxygens (including phenoxy) is 1. The second-order valence-corrected chi connectivity index (χ2v) is 5.79. The summed E-state index contributed by atoms with van der Waals surface area (Å²) in [4.78, 5) is 12.9. The van der Waals surface area contributed by atoms with Crippen LogP contribution in [0.4, 0.5) is 0 Å². The van der Waals surface area contributed by atoms with E-state index in [4.69, 9.17) is 4.18 Å². The Morgan fingerprint density at radius 3 is 2.16 bits per heavy atom. The highest BCUT2D eigenvalue weighted by atomic mass is 32.2. The molecule has 1 atom stereocenters. The SMILES string of the molecule is C=C(C)C(=O)OCOS(=O)(=O)C(CC)N(CC)CC. The molecule has 0 rings (SSSR count). The molecule has 0 heterocycles. The quantitative estimate of drug-likeness (QED) is 0.277. The molecule has 19 heavy (non-hydrogen) atoms. The van der Waals surface area contributed by atoms with Gasteiger partial charge in [-0.15, -0.1) is 0 Å². The molecule has 0 fully saturated rings. The molecule has 0 aromatic carbocycles. The van der Waals surface area contributed by atoms with Crippen LogP contribution in [0.5, 0.6) is 0 Å². The van der Waals surface area contributed by atoms with Crippen LogP contribution in [-0.4, -0.2) is 44.5 Å². The average molecular weight is 293 g/mol. The normalized spacial score (nSPS) is 13.3. The summed E-state index contributed by atoms with van der Waals surface area (Å²) in [5.41, 5.74) is 0.191. The monoisotopic (exact) mass is 293 g/mol. The molecule has 0 aliphatic rings. The highest BCUT2D eigenvalue weighted by Gasteiger charge is 2.29. The van der Waals surface area contributed by atoms with Gasteiger partial charge >= 0.3 is 5.97 Å². The molecule has 0 aromatic heterocycles. The van der Waals surface area contributed by atoms with Crippen LogP contribution in [0, 0.1) is 0 Å². The highest BCUT2D eigenvalue weighted by Crippen LogP contribution is 2.14. The van der Waals surface area contributed by atoms with E-state index in [1.807, 2.05) is 13.8 Å². The van der Waals surface area contributed by atoms with Crippen molar-refractivity contribution in [2.75, 3.05) is 19.9 Å². The molecule has 0 aliphatic heterocycles. The van der Waals surface area contributed by atoms with Gasteiger partial charge in [-0.2, -0.15) is 8.42 Å². The number of nitrogens with zero attached hydrogens (tertiary/aromatic N) is 1. The number of carbonyl (C=O) groups excluding carboxylic acids is 1. The molecule has 0 aliphatic carbocycles. The van der Waals surface area contributed by atoms with Crippen molar-refractivity contribution in [1.82, 2.24) is 4.90 Å². The Kier molecular flexibility index (Phi) is 7.89. The van der Waals surface area contributed by atoms with Gasteiger partial charge in [0.15, 0.2) is 0 Å². The third-order valence-electron chi connectivity index (χ3n) is 2.65. The van der Waals surface area contributed by atoms with Crippen LogP contribution in [0.2, 0.25) is 0 Å². The van der Waals surface area contributed by atoms with Crippen molar-refractivity contribution >= 4 is 16.1 Å². The van der Waals surface area contributed by atoms with Gasteiger partial charge in [0.05, 0.1) is 0 Å². The first-order valence-corrected chi connectivity index (χ1v) is 7.72. The molecule has 0 aromatic rings. The minimum Gasteiger partial charge on any atom is -0.434 e. The van der Waals surface area contributed by atoms with Crippen LogP contribution >= 0.6 is 0 Å². The first kappa shape index (κ1) is 18.1. The summed E-state index contributed by atoms with van der Waals surface area (Å²) >= 11 is 0. The summed E-state index contributed by atoms with van der Waals surface area (Å²) in [5, 5.41) is -0.731. The molecule has 0 radical (unpaired) electrons. The summed E-state index contributed by atoms with van der Waals surface area (Å²) in [6.07, 6.45) is 0.401. The number of carbonyl (C=O) groups is 1. The summed E-state index contributed by atoms with van der Waals surface area (Å²) in [7, 11) is -3.80. The third kappa shape index (κ3) is 5.71. The van der Waals surface area contributed by atoms with Gasteiger partial charge in [-0.25, -0.2) is 8.98 Å². The second-order valence-electron chi connectivity index (χ2n) is 4.02. The Labute approximate surface area is 115 Å². The lowest BCUT2D eigenvalue weighted by Crippen LogP contribution is -2.41. The molecule has 6 nitrogen and oxygen atoms in total. The van der Waals surface area contributed by atoms with Gasteiger partial charge in [-0.3, -0.25) is 4.90 Å². The molecular weight excluding hydrogens is 270 g/mol. The van der Waals surface area contributed by atoms with Gasteiger partial charge in [0.1, 0.15) is 5.37 Å². The molecule has 7 heteroatoms. The van der Waals surface area contributed by atoms with Crippen molar-refractivity contribution in [3.05, 3.63) is 12.2 Å². The van der Waals surface area contributed by atoms with E-state index in [0.717, 1.165) is 0 Å². The van der Waals surface area contributed by atoms with Crippen molar-refractivity contribution in [2.24, 2.45) is 0 Å². The van der Waals surface area contributed by atoms with E-state index < -0.39 is 28.3 Å². The largest absolute Gasteiger partial charge is 0.434 e. The Balaban J connectivity index is 4.59. The lowest BCUT2D eigenvalue weighted by atomic mass is 10.4. The van der Waals surface area contributed by atoms with Gasteiger partial charge in [0, 0.05) is 5.57 Å². The average Bonchev–Trinajstić information content (AvgIpc) is 2.34. The van der Waals surface area contributed by atoms with E-state index in [1.54, 1.807) is 11.8 Å². The minimum atomic E-state index is -3.80. The van der Waals surface area contributed by atoms with Gasteiger partial charge < -0.3 is 4.74 Å². The Hall–Kier alpha value is -0.920. The van der Waals surface area contributed by atoms with Crippen molar-refractivity contribution < 1.29 is 22.1 Å². The van der Waals surface area contributed by atoms with Crippen LogP contribution < -0.4 is 0 Å². The van der Waals surface area contributed by atoms with Crippen molar-refractivity contribution in [3.63, 3.8) is 0 Å². The zero-order valence-corrected chi connectivity index (χ0v) is 12.8. The number of rotatable bonds is 9. The van der Waals surface area contributed by atoms with Crippen LogP contribution in [0.1, 0.15) is 34.1 Å². The maximum absolute atomic E-state index is 12.0. The van der Waals surface area contributed by atoms with Gasteiger partial charge in [0.2, 0.25) is 6.79 Å². The maximum atomic E-state index is 12.0. The smallest absolute Gasteiger partial charge is 0.335 e. The van der Waals surface area contributed by atoms with Crippen molar-refractivity contribution in [1.29, 1.82) is 0 Å². The number of esters is 1. The number of hydrogen-bond donors (Lipinski definition) is 0.